The Morgan fingerprint density at radius 1 is 1.16 bits per heavy atom. The van der Waals surface area contributed by atoms with Gasteiger partial charge in [-0.1, -0.05) is 47.6 Å². The molecule has 38 heavy (non-hydrogen) atoms. The second-order valence-corrected chi connectivity index (χ2v) is 15.2. The van der Waals surface area contributed by atoms with Crippen molar-refractivity contribution in [1.82, 2.24) is 19.7 Å². The van der Waals surface area contributed by atoms with E-state index in [9.17, 15) is 4.21 Å². The van der Waals surface area contributed by atoms with Gasteiger partial charge in [0.25, 0.3) is 0 Å². The molecule has 1 spiro atoms. The Kier molecular flexibility index (Phi) is 7.86. The largest absolute Gasteiger partial charge is 0.382 e. The molecule has 3 aromatic rings. The van der Waals surface area contributed by atoms with E-state index in [4.69, 9.17) is 33.0 Å². The first kappa shape index (κ1) is 27.9. The van der Waals surface area contributed by atoms with Crippen molar-refractivity contribution < 1.29 is 4.21 Å². The zero-order chi connectivity index (χ0) is 27.2. The summed E-state index contributed by atoms with van der Waals surface area (Å²) in [6, 6.07) is 10.4. The average molecular weight is 684 g/mol. The number of nitrogen functional groups attached to an aromatic ring is 2. The molecule has 1 aliphatic carbocycles. The van der Waals surface area contributed by atoms with Crippen LogP contribution in [0.15, 0.2) is 46.5 Å². The number of piperidine rings is 1. The maximum atomic E-state index is 13.2. The lowest BCUT2D eigenvalue weighted by atomic mass is 9.73. The standard InChI is InChI=1S/C26H31ClIN7OS2/c1-25(2,3)38(36)34-19-16-7-5-4-6-15(16)14-26(19)9-12-35(13-10-26)23-20(28)32-24(22(30)33-23)37-17-8-11-31-21(29)18(17)27/h4-8,11,19,34H,9-10,12-14H2,1-3H3,(H2,29,31)(H2,30,33)/t19-,38-/m1/s1. The Morgan fingerprint density at radius 3 is 2.58 bits per heavy atom. The fraction of sp³-hybridized carbons (Fsp3) is 0.423. The van der Waals surface area contributed by atoms with Crippen LogP contribution >= 0.6 is 46.0 Å². The van der Waals surface area contributed by atoms with Gasteiger partial charge in [-0.15, -0.1) is 0 Å². The normalized spacial score (nSPS) is 19.5. The highest BCUT2D eigenvalue weighted by Gasteiger charge is 2.49. The number of halogens is 2. The summed E-state index contributed by atoms with van der Waals surface area (Å²) in [6.45, 7) is 7.67. The zero-order valence-corrected chi connectivity index (χ0v) is 26.0. The molecule has 0 amide bonds. The predicted molar refractivity (Wildman–Crippen MR) is 165 cm³/mol. The molecule has 1 fully saturated rings. The number of fused-ring (bicyclic) bond motifs is 1. The second kappa shape index (κ2) is 10.7. The van der Waals surface area contributed by atoms with Crippen molar-refractivity contribution in [2.75, 3.05) is 29.5 Å². The van der Waals surface area contributed by atoms with Crippen molar-refractivity contribution in [3.05, 3.63) is 56.4 Å². The molecule has 1 saturated heterocycles. The van der Waals surface area contributed by atoms with E-state index < -0.39 is 11.0 Å². The van der Waals surface area contributed by atoms with E-state index in [0.717, 1.165) is 46.8 Å². The number of nitrogens with one attached hydrogen (secondary N) is 1. The van der Waals surface area contributed by atoms with Gasteiger partial charge in [0.15, 0.2) is 11.6 Å². The number of aromatic nitrogens is 3. The van der Waals surface area contributed by atoms with Gasteiger partial charge < -0.3 is 16.4 Å². The highest BCUT2D eigenvalue weighted by Crippen LogP contribution is 2.53. The molecule has 0 bridgehead atoms. The monoisotopic (exact) mass is 683 g/mol. The Labute approximate surface area is 248 Å². The van der Waals surface area contributed by atoms with Crippen molar-refractivity contribution in [2.45, 2.75) is 60.7 Å². The molecule has 1 aromatic carbocycles. The van der Waals surface area contributed by atoms with E-state index in [2.05, 4.69) is 61.5 Å². The first-order valence-electron chi connectivity index (χ1n) is 12.4. The maximum absolute atomic E-state index is 13.2. The third kappa shape index (κ3) is 5.36. The molecular weight excluding hydrogens is 653 g/mol. The van der Waals surface area contributed by atoms with Crippen molar-refractivity contribution in [3.63, 3.8) is 0 Å². The molecule has 3 heterocycles. The molecule has 1 aliphatic heterocycles. The van der Waals surface area contributed by atoms with Crippen LogP contribution in [-0.2, 0) is 17.4 Å². The summed E-state index contributed by atoms with van der Waals surface area (Å²) >= 11 is 9.87. The van der Waals surface area contributed by atoms with Crippen LogP contribution in [-0.4, -0.2) is 37.0 Å². The molecule has 2 aromatic heterocycles. The Morgan fingerprint density at radius 2 is 1.87 bits per heavy atom. The Balaban J connectivity index is 1.36. The fourth-order valence-electron chi connectivity index (χ4n) is 5.19. The number of nitrogens with two attached hydrogens (primary N) is 2. The van der Waals surface area contributed by atoms with E-state index in [0.29, 0.717) is 15.9 Å². The average Bonchev–Trinajstić information content (AvgIpc) is 3.16. The molecule has 0 radical (unpaired) electrons. The van der Waals surface area contributed by atoms with Crippen molar-refractivity contribution in [1.29, 1.82) is 0 Å². The van der Waals surface area contributed by atoms with Crippen LogP contribution in [0.25, 0.3) is 0 Å². The lowest BCUT2D eigenvalue weighted by molar-refractivity contribution is 0.177. The van der Waals surface area contributed by atoms with Crippen molar-refractivity contribution in [2.24, 2.45) is 5.41 Å². The summed E-state index contributed by atoms with van der Waals surface area (Å²) in [5, 5.41) is 0.964. The summed E-state index contributed by atoms with van der Waals surface area (Å²) in [5.74, 6) is 1.41. The number of benzene rings is 1. The quantitative estimate of drug-likeness (QED) is 0.307. The van der Waals surface area contributed by atoms with Crippen LogP contribution in [0.1, 0.15) is 50.8 Å². The van der Waals surface area contributed by atoms with E-state index in [1.54, 1.807) is 12.3 Å². The van der Waals surface area contributed by atoms with E-state index in [1.807, 2.05) is 20.8 Å². The molecule has 5 N–H and O–H groups in total. The van der Waals surface area contributed by atoms with Crippen LogP contribution in [0, 0.1) is 9.12 Å². The van der Waals surface area contributed by atoms with Crippen molar-refractivity contribution in [3.8, 4) is 0 Å². The van der Waals surface area contributed by atoms with Gasteiger partial charge in [0.05, 0.1) is 26.8 Å². The van der Waals surface area contributed by atoms with Crippen LogP contribution in [0.2, 0.25) is 5.02 Å². The lowest BCUT2D eigenvalue weighted by Crippen LogP contribution is -2.48. The summed E-state index contributed by atoms with van der Waals surface area (Å²) in [6.07, 6.45) is 4.48. The van der Waals surface area contributed by atoms with Gasteiger partial charge in [-0.3, -0.25) is 0 Å². The second-order valence-electron chi connectivity index (χ2n) is 10.8. The third-order valence-corrected chi connectivity index (χ3v) is 11.1. The van der Waals surface area contributed by atoms with Gasteiger partial charge in [0.2, 0.25) is 0 Å². The molecule has 2 atom stereocenters. The van der Waals surface area contributed by atoms with Gasteiger partial charge in [0, 0.05) is 24.2 Å². The van der Waals surface area contributed by atoms with E-state index >= 15 is 0 Å². The minimum absolute atomic E-state index is 0.000671. The molecule has 12 heteroatoms. The summed E-state index contributed by atoms with van der Waals surface area (Å²) in [5.41, 5.74) is 14.8. The lowest BCUT2D eigenvalue weighted by Gasteiger charge is -2.44. The van der Waals surface area contributed by atoms with Crippen LogP contribution < -0.4 is 21.1 Å². The molecule has 202 valence electrons. The summed E-state index contributed by atoms with van der Waals surface area (Å²) < 4.78 is 17.1. The zero-order valence-electron chi connectivity index (χ0n) is 21.5. The minimum atomic E-state index is -1.16. The van der Waals surface area contributed by atoms with Gasteiger partial charge in [-0.25, -0.2) is 23.9 Å². The number of pyridine rings is 1. The van der Waals surface area contributed by atoms with E-state index in [1.165, 1.54) is 22.9 Å². The van der Waals surface area contributed by atoms with E-state index in [-0.39, 0.29) is 22.0 Å². The Bertz CT molecular complexity index is 1390. The molecule has 0 unspecified atom stereocenters. The predicted octanol–water partition coefficient (Wildman–Crippen LogP) is 5.38. The SMILES string of the molecule is CC(C)(C)[S@@](=O)N[C@@H]1c2ccccc2CC12CCN(c1nc(N)c(Sc3ccnc(N)c3Cl)nc1I)CC2. The number of rotatable bonds is 5. The molecular formula is C26H31ClIN7OS2. The van der Waals surface area contributed by atoms with Gasteiger partial charge in [0.1, 0.15) is 14.5 Å². The molecule has 2 aliphatic rings. The number of nitrogens with zero attached hydrogens (tertiary/aromatic N) is 4. The summed E-state index contributed by atoms with van der Waals surface area (Å²) in [7, 11) is -1.16. The summed E-state index contributed by atoms with van der Waals surface area (Å²) in [4.78, 5) is 16.5. The van der Waals surface area contributed by atoms with Gasteiger partial charge in [-0.2, -0.15) is 0 Å². The van der Waals surface area contributed by atoms with Crippen LogP contribution in [0.5, 0.6) is 0 Å². The fourth-order valence-corrected chi connectivity index (χ4v) is 8.05. The van der Waals surface area contributed by atoms with Crippen LogP contribution in [0.3, 0.4) is 0 Å². The maximum Gasteiger partial charge on any atom is 0.163 e. The minimum Gasteiger partial charge on any atom is -0.382 e. The van der Waals surface area contributed by atoms with Crippen molar-refractivity contribution >= 4 is 74.4 Å². The number of hydrogen-bond donors (Lipinski definition) is 3. The highest BCUT2D eigenvalue weighted by molar-refractivity contribution is 14.1. The molecule has 5 rings (SSSR count). The number of anilines is 3. The molecule has 0 saturated carbocycles. The van der Waals surface area contributed by atoms with Gasteiger partial charge in [-0.05, 0) is 85.2 Å². The topological polar surface area (TPSA) is 123 Å². The number of hydrogen-bond acceptors (Lipinski definition) is 8. The highest BCUT2D eigenvalue weighted by atomic mass is 127. The first-order chi connectivity index (χ1) is 18.0. The Hall–Kier alpha value is -1.67. The van der Waals surface area contributed by atoms with Crippen LogP contribution in [0.4, 0.5) is 17.5 Å². The molecule has 8 nitrogen and oxygen atoms in total. The van der Waals surface area contributed by atoms with Gasteiger partial charge >= 0.3 is 0 Å². The smallest absolute Gasteiger partial charge is 0.163 e. The first-order valence-corrected chi connectivity index (χ1v) is 15.8. The third-order valence-electron chi connectivity index (χ3n) is 7.28.